The van der Waals surface area contributed by atoms with Crippen LogP contribution in [0.5, 0.6) is 0 Å². The van der Waals surface area contributed by atoms with Gasteiger partial charge in [0.2, 0.25) is 0 Å². The molecule has 1 saturated heterocycles. The van der Waals surface area contributed by atoms with Crippen molar-refractivity contribution in [2.45, 2.75) is 77.4 Å². The molecule has 1 nitrogen and oxygen atoms in total. The Morgan fingerprint density at radius 1 is 0.765 bits per heavy atom. The van der Waals surface area contributed by atoms with Gasteiger partial charge in [0.1, 0.15) is 0 Å². The van der Waals surface area contributed by atoms with Crippen molar-refractivity contribution in [1.82, 2.24) is 0 Å². The van der Waals surface area contributed by atoms with E-state index in [0.717, 1.165) is 23.7 Å². The highest BCUT2D eigenvalue weighted by Gasteiger charge is 2.47. The molecule has 0 aromatic heterocycles. The van der Waals surface area contributed by atoms with E-state index in [1.54, 1.807) is 0 Å². The van der Waals surface area contributed by atoms with E-state index in [1.807, 2.05) is 0 Å². The van der Waals surface area contributed by atoms with Crippen LogP contribution in [0.3, 0.4) is 0 Å². The normalized spacial score (nSPS) is 46.4. The lowest BCUT2D eigenvalue weighted by molar-refractivity contribution is -0.179. The van der Waals surface area contributed by atoms with Crippen molar-refractivity contribution in [2.75, 3.05) is 0 Å². The molecule has 4 atom stereocenters. The smallest absolute Gasteiger partial charge is 0.0610 e. The molecule has 3 fully saturated rings. The van der Waals surface area contributed by atoms with Gasteiger partial charge in [0.15, 0.2) is 0 Å². The van der Waals surface area contributed by atoms with Gasteiger partial charge in [0.05, 0.1) is 12.2 Å². The second kappa shape index (κ2) is 4.91. The minimum Gasteiger partial charge on any atom is -0.374 e. The molecule has 0 amide bonds. The van der Waals surface area contributed by atoms with Crippen molar-refractivity contribution in [3.63, 3.8) is 0 Å². The molecular formula is C16H28O. The quantitative estimate of drug-likeness (QED) is 0.655. The lowest BCUT2D eigenvalue weighted by Crippen LogP contribution is -2.51. The third kappa shape index (κ3) is 2.16. The fraction of sp³-hybridized carbons (Fsp3) is 1.00. The van der Waals surface area contributed by atoms with E-state index < -0.39 is 0 Å². The molecule has 1 heterocycles. The highest BCUT2D eigenvalue weighted by molar-refractivity contribution is 4.95. The first-order chi connectivity index (χ1) is 8.27. The molecule has 1 aliphatic heterocycles. The first-order valence-corrected chi connectivity index (χ1v) is 7.93. The van der Waals surface area contributed by atoms with Crippen LogP contribution in [0.25, 0.3) is 0 Å². The van der Waals surface area contributed by atoms with Crippen molar-refractivity contribution >= 4 is 0 Å². The van der Waals surface area contributed by atoms with Gasteiger partial charge in [-0.3, -0.25) is 0 Å². The first kappa shape index (κ1) is 12.0. The standard InChI is InChI=1S/C16H28O/c1-11(2)16-12-7-3-5-9-14(12)17-15-10-6-4-8-13(15)16/h11-16H,3-10H2,1-2H3. The third-order valence-corrected chi connectivity index (χ3v) is 5.62. The van der Waals surface area contributed by atoms with Crippen LogP contribution in [0, 0.1) is 23.7 Å². The minimum absolute atomic E-state index is 0.621. The predicted molar refractivity (Wildman–Crippen MR) is 70.9 cm³/mol. The summed E-state index contributed by atoms with van der Waals surface area (Å²) in [4.78, 5) is 0. The van der Waals surface area contributed by atoms with Gasteiger partial charge >= 0.3 is 0 Å². The summed E-state index contributed by atoms with van der Waals surface area (Å²) in [5.74, 6) is 3.60. The maximum absolute atomic E-state index is 6.47. The average Bonchev–Trinajstić information content (AvgIpc) is 2.35. The number of fused-ring (bicyclic) bond motifs is 2. The molecule has 0 bridgehead atoms. The molecule has 3 rings (SSSR count). The summed E-state index contributed by atoms with van der Waals surface area (Å²) in [6.45, 7) is 4.90. The SMILES string of the molecule is CC(C)C1C2CCCCC2OC2CCCCC21. The monoisotopic (exact) mass is 236 g/mol. The van der Waals surface area contributed by atoms with Crippen LogP contribution in [-0.4, -0.2) is 12.2 Å². The molecule has 0 spiro atoms. The Labute approximate surface area is 106 Å². The fourth-order valence-electron chi connectivity index (χ4n) is 5.00. The van der Waals surface area contributed by atoms with Gasteiger partial charge in [0.25, 0.3) is 0 Å². The van der Waals surface area contributed by atoms with E-state index in [0.29, 0.717) is 12.2 Å². The highest BCUT2D eigenvalue weighted by Crippen LogP contribution is 2.49. The van der Waals surface area contributed by atoms with Crippen molar-refractivity contribution in [1.29, 1.82) is 0 Å². The molecule has 4 unspecified atom stereocenters. The summed E-state index contributed by atoms with van der Waals surface area (Å²) in [6, 6.07) is 0. The highest BCUT2D eigenvalue weighted by atomic mass is 16.5. The number of hydrogen-bond acceptors (Lipinski definition) is 1. The lowest BCUT2D eigenvalue weighted by atomic mass is 9.61. The molecular weight excluding hydrogens is 208 g/mol. The third-order valence-electron chi connectivity index (χ3n) is 5.62. The molecule has 0 radical (unpaired) electrons. The van der Waals surface area contributed by atoms with Gasteiger partial charge in [-0.05, 0) is 49.4 Å². The summed E-state index contributed by atoms with van der Waals surface area (Å²) in [7, 11) is 0. The van der Waals surface area contributed by atoms with Gasteiger partial charge in [0, 0.05) is 0 Å². The summed E-state index contributed by atoms with van der Waals surface area (Å²) < 4.78 is 6.47. The molecule has 3 aliphatic rings. The van der Waals surface area contributed by atoms with Crippen molar-refractivity contribution in [3.8, 4) is 0 Å². The maximum atomic E-state index is 6.47. The summed E-state index contributed by atoms with van der Waals surface area (Å²) in [5, 5.41) is 0. The zero-order chi connectivity index (χ0) is 11.8. The molecule has 2 aliphatic carbocycles. The van der Waals surface area contributed by atoms with Crippen LogP contribution in [0.1, 0.15) is 65.2 Å². The molecule has 17 heavy (non-hydrogen) atoms. The largest absolute Gasteiger partial charge is 0.374 e. The Bertz CT molecular complexity index is 238. The van der Waals surface area contributed by atoms with Crippen LogP contribution in [0.4, 0.5) is 0 Å². The predicted octanol–water partition coefficient (Wildman–Crippen LogP) is 4.41. The molecule has 2 saturated carbocycles. The second-order valence-electron chi connectivity index (χ2n) is 6.93. The molecule has 0 aromatic rings. The Kier molecular flexibility index (Phi) is 3.47. The second-order valence-corrected chi connectivity index (χ2v) is 6.93. The first-order valence-electron chi connectivity index (χ1n) is 7.93. The van der Waals surface area contributed by atoms with Gasteiger partial charge in [-0.25, -0.2) is 0 Å². The van der Waals surface area contributed by atoms with E-state index in [9.17, 15) is 0 Å². The average molecular weight is 236 g/mol. The molecule has 0 aromatic carbocycles. The van der Waals surface area contributed by atoms with Crippen LogP contribution in [-0.2, 0) is 4.74 Å². The van der Waals surface area contributed by atoms with Crippen molar-refractivity contribution < 1.29 is 4.74 Å². The van der Waals surface area contributed by atoms with Crippen LogP contribution >= 0.6 is 0 Å². The van der Waals surface area contributed by atoms with Crippen molar-refractivity contribution in [3.05, 3.63) is 0 Å². The Hall–Kier alpha value is -0.0400. The Balaban J connectivity index is 1.82. The van der Waals surface area contributed by atoms with E-state index in [-0.39, 0.29) is 0 Å². The van der Waals surface area contributed by atoms with E-state index in [1.165, 1.54) is 51.4 Å². The summed E-state index contributed by atoms with van der Waals surface area (Å²) in [5.41, 5.74) is 0. The van der Waals surface area contributed by atoms with Crippen LogP contribution < -0.4 is 0 Å². The summed E-state index contributed by atoms with van der Waals surface area (Å²) >= 11 is 0. The Morgan fingerprint density at radius 2 is 1.24 bits per heavy atom. The van der Waals surface area contributed by atoms with Crippen LogP contribution in [0.2, 0.25) is 0 Å². The van der Waals surface area contributed by atoms with Gasteiger partial charge in [-0.2, -0.15) is 0 Å². The molecule has 0 N–H and O–H groups in total. The van der Waals surface area contributed by atoms with E-state index in [2.05, 4.69) is 13.8 Å². The zero-order valence-corrected chi connectivity index (χ0v) is 11.5. The van der Waals surface area contributed by atoms with E-state index >= 15 is 0 Å². The summed E-state index contributed by atoms with van der Waals surface area (Å²) in [6.07, 6.45) is 12.5. The molecule has 98 valence electrons. The zero-order valence-electron chi connectivity index (χ0n) is 11.5. The lowest BCUT2D eigenvalue weighted by Gasteiger charge is -2.52. The maximum Gasteiger partial charge on any atom is 0.0610 e. The topological polar surface area (TPSA) is 9.23 Å². The van der Waals surface area contributed by atoms with Gasteiger partial charge in [-0.15, -0.1) is 0 Å². The van der Waals surface area contributed by atoms with Gasteiger partial charge in [-0.1, -0.05) is 39.5 Å². The van der Waals surface area contributed by atoms with Crippen LogP contribution in [0.15, 0.2) is 0 Å². The number of hydrogen-bond donors (Lipinski definition) is 0. The van der Waals surface area contributed by atoms with E-state index in [4.69, 9.17) is 4.74 Å². The van der Waals surface area contributed by atoms with Crippen molar-refractivity contribution in [2.24, 2.45) is 23.7 Å². The van der Waals surface area contributed by atoms with Gasteiger partial charge < -0.3 is 4.74 Å². The Morgan fingerprint density at radius 3 is 1.71 bits per heavy atom. The number of rotatable bonds is 1. The fourth-order valence-corrected chi connectivity index (χ4v) is 5.00. The molecule has 1 heteroatoms. The number of ether oxygens (including phenoxy) is 1. The minimum atomic E-state index is 0.621.